The molecular weight excluding hydrogens is 232 g/mol. The van der Waals surface area contributed by atoms with Gasteiger partial charge < -0.3 is 5.32 Å². The molecule has 1 saturated carbocycles. The number of hydrogen-bond acceptors (Lipinski definition) is 2. The lowest BCUT2D eigenvalue weighted by atomic mass is 9.83. The summed E-state index contributed by atoms with van der Waals surface area (Å²) in [6.45, 7) is 5.49. The summed E-state index contributed by atoms with van der Waals surface area (Å²) in [6.07, 6.45) is 16.4. The van der Waals surface area contributed by atoms with Crippen molar-refractivity contribution < 1.29 is 0 Å². The molecule has 1 aliphatic carbocycles. The van der Waals surface area contributed by atoms with Crippen molar-refractivity contribution in [2.75, 3.05) is 19.6 Å². The third kappa shape index (κ3) is 4.82. The summed E-state index contributed by atoms with van der Waals surface area (Å²) in [7, 11) is 0. The average Bonchev–Trinajstić information content (AvgIpc) is 2.44. The minimum absolute atomic E-state index is 0.738. The van der Waals surface area contributed by atoms with Crippen LogP contribution >= 0.6 is 0 Å². The van der Waals surface area contributed by atoms with E-state index in [2.05, 4.69) is 23.1 Å². The van der Waals surface area contributed by atoms with E-state index in [1.807, 2.05) is 0 Å². The van der Waals surface area contributed by atoms with E-state index in [4.69, 9.17) is 6.42 Å². The Kier molecular flexibility index (Phi) is 6.20. The zero-order valence-electron chi connectivity index (χ0n) is 12.5. The SMILES string of the molecule is C#CCN1CCC(NC2CCC(CCC)CC2)CC1. The van der Waals surface area contributed by atoms with Crippen LogP contribution in [-0.2, 0) is 0 Å². The molecule has 0 amide bonds. The Balaban J connectivity index is 1.63. The lowest BCUT2D eigenvalue weighted by Crippen LogP contribution is -2.47. The predicted octanol–water partition coefficient (Wildman–Crippen LogP) is 3.03. The van der Waals surface area contributed by atoms with E-state index in [0.29, 0.717) is 0 Å². The van der Waals surface area contributed by atoms with Gasteiger partial charge in [0.05, 0.1) is 6.54 Å². The first kappa shape index (κ1) is 14.9. The van der Waals surface area contributed by atoms with Gasteiger partial charge in [0.25, 0.3) is 0 Å². The fourth-order valence-electron chi connectivity index (χ4n) is 3.75. The van der Waals surface area contributed by atoms with E-state index in [0.717, 1.165) is 24.5 Å². The average molecular weight is 262 g/mol. The monoisotopic (exact) mass is 262 g/mol. The molecule has 2 nitrogen and oxygen atoms in total. The van der Waals surface area contributed by atoms with Gasteiger partial charge in [-0.1, -0.05) is 25.7 Å². The topological polar surface area (TPSA) is 15.3 Å². The summed E-state index contributed by atoms with van der Waals surface area (Å²) < 4.78 is 0. The molecule has 2 aliphatic rings. The first-order valence-electron chi connectivity index (χ1n) is 8.23. The minimum Gasteiger partial charge on any atom is -0.311 e. The van der Waals surface area contributed by atoms with Crippen LogP contribution in [0.3, 0.4) is 0 Å². The highest BCUT2D eigenvalue weighted by atomic mass is 15.1. The summed E-state index contributed by atoms with van der Waals surface area (Å²) in [5, 5.41) is 3.90. The standard InChI is InChI=1S/C17H30N2/c1-3-5-15-6-8-16(9-7-15)18-17-10-13-19(12-4-2)14-11-17/h2,15-18H,3,5-14H2,1H3. The second-order valence-corrected chi connectivity index (χ2v) is 6.43. The van der Waals surface area contributed by atoms with E-state index < -0.39 is 0 Å². The molecule has 1 heterocycles. The molecule has 1 N–H and O–H groups in total. The van der Waals surface area contributed by atoms with Crippen LogP contribution in [0.25, 0.3) is 0 Å². The maximum Gasteiger partial charge on any atom is 0.0598 e. The normalized spacial score (nSPS) is 30.1. The third-order valence-corrected chi connectivity index (χ3v) is 4.92. The maximum absolute atomic E-state index is 5.37. The van der Waals surface area contributed by atoms with Gasteiger partial charge >= 0.3 is 0 Å². The molecule has 108 valence electrons. The molecule has 2 fully saturated rings. The Morgan fingerprint density at radius 3 is 2.26 bits per heavy atom. The Bertz CT molecular complexity index is 278. The molecule has 1 saturated heterocycles. The van der Waals surface area contributed by atoms with Crippen molar-refractivity contribution in [2.45, 2.75) is 70.4 Å². The molecule has 0 bridgehead atoms. The van der Waals surface area contributed by atoms with Gasteiger partial charge in [-0.2, -0.15) is 0 Å². The molecule has 2 heteroatoms. The highest BCUT2D eigenvalue weighted by Crippen LogP contribution is 2.28. The van der Waals surface area contributed by atoms with Crippen molar-refractivity contribution in [1.82, 2.24) is 10.2 Å². The Hall–Kier alpha value is -0.520. The van der Waals surface area contributed by atoms with E-state index in [9.17, 15) is 0 Å². The van der Waals surface area contributed by atoms with Crippen LogP contribution in [0.2, 0.25) is 0 Å². The number of piperidine rings is 1. The Labute approximate surface area is 119 Å². The Morgan fingerprint density at radius 1 is 1.05 bits per heavy atom. The zero-order valence-corrected chi connectivity index (χ0v) is 12.5. The first-order chi connectivity index (χ1) is 9.31. The van der Waals surface area contributed by atoms with Crippen LogP contribution < -0.4 is 5.32 Å². The van der Waals surface area contributed by atoms with E-state index in [1.165, 1.54) is 64.5 Å². The number of nitrogens with zero attached hydrogens (tertiary/aromatic N) is 1. The third-order valence-electron chi connectivity index (χ3n) is 4.92. The quantitative estimate of drug-likeness (QED) is 0.766. The first-order valence-corrected chi connectivity index (χ1v) is 8.23. The van der Waals surface area contributed by atoms with Crippen LogP contribution in [0.15, 0.2) is 0 Å². The molecular formula is C17H30N2. The molecule has 1 aliphatic heterocycles. The van der Waals surface area contributed by atoms with Crippen LogP contribution in [0.5, 0.6) is 0 Å². The summed E-state index contributed by atoms with van der Waals surface area (Å²) >= 11 is 0. The van der Waals surface area contributed by atoms with Gasteiger partial charge in [0, 0.05) is 25.2 Å². The number of nitrogens with one attached hydrogen (secondary N) is 1. The highest BCUT2D eigenvalue weighted by Gasteiger charge is 2.24. The molecule has 19 heavy (non-hydrogen) atoms. The number of likely N-dealkylation sites (tertiary alicyclic amines) is 1. The van der Waals surface area contributed by atoms with Gasteiger partial charge in [-0.15, -0.1) is 6.42 Å². The fourth-order valence-corrected chi connectivity index (χ4v) is 3.75. The molecule has 0 aromatic rings. The molecule has 0 unspecified atom stereocenters. The van der Waals surface area contributed by atoms with Gasteiger partial charge in [0.2, 0.25) is 0 Å². The smallest absolute Gasteiger partial charge is 0.0598 e. The van der Waals surface area contributed by atoms with Gasteiger partial charge in [-0.3, -0.25) is 4.90 Å². The molecule has 0 aromatic carbocycles. The minimum atomic E-state index is 0.738. The van der Waals surface area contributed by atoms with Gasteiger partial charge in [-0.05, 0) is 44.4 Å². The van der Waals surface area contributed by atoms with Crippen LogP contribution in [0.4, 0.5) is 0 Å². The molecule has 0 aromatic heterocycles. The van der Waals surface area contributed by atoms with Crippen LogP contribution in [0, 0.1) is 18.3 Å². The lowest BCUT2D eigenvalue weighted by Gasteiger charge is -2.36. The molecule has 0 radical (unpaired) electrons. The number of rotatable bonds is 5. The second kappa shape index (κ2) is 7.92. The van der Waals surface area contributed by atoms with E-state index >= 15 is 0 Å². The molecule has 0 spiro atoms. The van der Waals surface area contributed by atoms with Gasteiger partial charge in [0.1, 0.15) is 0 Å². The number of hydrogen-bond donors (Lipinski definition) is 1. The molecule has 0 atom stereocenters. The van der Waals surface area contributed by atoms with Crippen molar-refractivity contribution in [2.24, 2.45) is 5.92 Å². The van der Waals surface area contributed by atoms with Crippen molar-refractivity contribution in [3.8, 4) is 12.3 Å². The maximum atomic E-state index is 5.37. The second-order valence-electron chi connectivity index (χ2n) is 6.43. The van der Waals surface area contributed by atoms with Crippen molar-refractivity contribution in [1.29, 1.82) is 0 Å². The Morgan fingerprint density at radius 2 is 1.68 bits per heavy atom. The van der Waals surface area contributed by atoms with Gasteiger partial charge in [0.15, 0.2) is 0 Å². The van der Waals surface area contributed by atoms with E-state index in [1.54, 1.807) is 0 Å². The van der Waals surface area contributed by atoms with Crippen molar-refractivity contribution in [3.05, 3.63) is 0 Å². The highest BCUT2D eigenvalue weighted by molar-refractivity contribution is 4.91. The molecule has 2 rings (SSSR count). The lowest BCUT2D eigenvalue weighted by molar-refractivity contribution is 0.190. The van der Waals surface area contributed by atoms with Crippen molar-refractivity contribution >= 4 is 0 Å². The summed E-state index contributed by atoms with van der Waals surface area (Å²) in [4.78, 5) is 2.40. The van der Waals surface area contributed by atoms with Crippen LogP contribution in [-0.4, -0.2) is 36.6 Å². The van der Waals surface area contributed by atoms with Crippen molar-refractivity contribution in [3.63, 3.8) is 0 Å². The largest absolute Gasteiger partial charge is 0.311 e. The number of terminal acetylenes is 1. The predicted molar refractivity (Wildman–Crippen MR) is 82.1 cm³/mol. The summed E-state index contributed by atoms with van der Waals surface area (Å²) in [5.74, 6) is 3.77. The fraction of sp³-hybridized carbons (Fsp3) is 0.882. The van der Waals surface area contributed by atoms with Gasteiger partial charge in [-0.25, -0.2) is 0 Å². The summed E-state index contributed by atoms with van der Waals surface area (Å²) in [5.41, 5.74) is 0. The van der Waals surface area contributed by atoms with Crippen LogP contribution in [0.1, 0.15) is 58.3 Å². The summed E-state index contributed by atoms with van der Waals surface area (Å²) in [6, 6.07) is 1.53. The zero-order chi connectivity index (χ0) is 13.5. The van der Waals surface area contributed by atoms with E-state index in [-0.39, 0.29) is 0 Å².